The van der Waals surface area contributed by atoms with Crippen LogP contribution >= 0.6 is 0 Å². The van der Waals surface area contributed by atoms with Crippen LogP contribution in [0.3, 0.4) is 0 Å². The number of hydrogen-bond donors (Lipinski definition) is 2. The highest BCUT2D eigenvalue weighted by molar-refractivity contribution is 5.83. The Bertz CT molecular complexity index is 972. The van der Waals surface area contributed by atoms with Gasteiger partial charge in [-0.15, -0.1) is 0 Å². The molecule has 0 bridgehead atoms. The summed E-state index contributed by atoms with van der Waals surface area (Å²) in [6.07, 6.45) is 4.46. The van der Waals surface area contributed by atoms with E-state index in [2.05, 4.69) is 75.7 Å². The lowest BCUT2D eigenvalue weighted by molar-refractivity contribution is -0.121. The van der Waals surface area contributed by atoms with Gasteiger partial charge in [-0.2, -0.15) is 0 Å². The molecule has 158 valence electrons. The van der Waals surface area contributed by atoms with Gasteiger partial charge in [-0.1, -0.05) is 30.3 Å². The number of nitrogens with one attached hydrogen (secondary N) is 2. The largest absolute Gasteiger partial charge is 0.369 e. The standard InChI is InChI=1S/C25H32N4O/c1-20-6-4-8-22(18-20)29-16-14-28(15-17-29)13-12-26-25(30)11-5-7-21-19-27-24-10-3-2-9-23(21)24/h2-4,6,8-10,18-19,27H,5,7,11-17H2,1H3,(H,26,30). The zero-order valence-corrected chi connectivity index (χ0v) is 17.9. The van der Waals surface area contributed by atoms with E-state index in [0.717, 1.165) is 52.1 Å². The van der Waals surface area contributed by atoms with Gasteiger partial charge in [0.2, 0.25) is 5.91 Å². The lowest BCUT2D eigenvalue weighted by atomic mass is 10.1. The Balaban J connectivity index is 1.12. The molecule has 2 N–H and O–H groups in total. The number of amides is 1. The van der Waals surface area contributed by atoms with Gasteiger partial charge in [0, 0.05) is 68.5 Å². The van der Waals surface area contributed by atoms with Crippen LogP contribution in [-0.2, 0) is 11.2 Å². The molecule has 0 unspecified atom stereocenters. The third-order valence-corrected chi connectivity index (χ3v) is 6.01. The maximum atomic E-state index is 12.2. The minimum atomic E-state index is 0.160. The van der Waals surface area contributed by atoms with E-state index in [9.17, 15) is 4.79 Å². The Labute approximate surface area is 179 Å². The Morgan fingerprint density at radius 1 is 1.07 bits per heavy atom. The van der Waals surface area contributed by atoms with Gasteiger partial charge in [-0.25, -0.2) is 0 Å². The lowest BCUT2D eigenvalue weighted by Crippen LogP contribution is -2.48. The van der Waals surface area contributed by atoms with Crippen molar-refractivity contribution in [3.8, 4) is 0 Å². The molecule has 2 aromatic carbocycles. The molecule has 1 aromatic heterocycles. The van der Waals surface area contributed by atoms with E-state index in [1.54, 1.807) is 0 Å². The van der Waals surface area contributed by atoms with Gasteiger partial charge in [0.1, 0.15) is 0 Å². The number of fused-ring (bicyclic) bond motifs is 1. The number of aryl methyl sites for hydroxylation is 2. The molecule has 5 heteroatoms. The molecule has 1 aliphatic heterocycles. The topological polar surface area (TPSA) is 51.4 Å². The molecule has 1 fully saturated rings. The number of aromatic nitrogens is 1. The van der Waals surface area contributed by atoms with Crippen molar-refractivity contribution < 1.29 is 4.79 Å². The summed E-state index contributed by atoms with van der Waals surface area (Å²) in [5, 5.41) is 4.36. The molecule has 0 spiro atoms. The number of para-hydroxylation sites is 1. The van der Waals surface area contributed by atoms with Crippen LogP contribution < -0.4 is 10.2 Å². The van der Waals surface area contributed by atoms with Crippen LogP contribution in [0.15, 0.2) is 54.7 Å². The van der Waals surface area contributed by atoms with Crippen LogP contribution in [0.2, 0.25) is 0 Å². The monoisotopic (exact) mass is 404 g/mol. The van der Waals surface area contributed by atoms with Crippen molar-refractivity contribution in [1.29, 1.82) is 0 Å². The molecular formula is C25H32N4O. The fourth-order valence-electron chi connectivity index (χ4n) is 4.27. The number of carbonyl (C=O) groups is 1. The summed E-state index contributed by atoms with van der Waals surface area (Å²) in [7, 11) is 0. The summed E-state index contributed by atoms with van der Waals surface area (Å²) in [6.45, 7) is 7.98. The van der Waals surface area contributed by atoms with Crippen molar-refractivity contribution in [2.24, 2.45) is 0 Å². The summed E-state index contributed by atoms with van der Waals surface area (Å²) in [4.78, 5) is 20.4. The molecule has 4 rings (SSSR count). The van der Waals surface area contributed by atoms with Crippen molar-refractivity contribution in [1.82, 2.24) is 15.2 Å². The number of H-pyrrole nitrogens is 1. The zero-order chi connectivity index (χ0) is 20.8. The normalized spacial score (nSPS) is 14.9. The van der Waals surface area contributed by atoms with Gasteiger partial charge in [0.25, 0.3) is 0 Å². The van der Waals surface area contributed by atoms with Crippen molar-refractivity contribution in [2.75, 3.05) is 44.2 Å². The number of hydrogen-bond acceptors (Lipinski definition) is 3. The number of piperazine rings is 1. The third kappa shape index (κ3) is 5.22. The average Bonchev–Trinajstić information content (AvgIpc) is 3.17. The van der Waals surface area contributed by atoms with Crippen molar-refractivity contribution >= 4 is 22.5 Å². The molecule has 0 aliphatic carbocycles. The third-order valence-electron chi connectivity index (χ3n) is 6.01. The van der Waals surface area contributed by atoms with E-state index < -0.39 is 0 Å². The van der Waals surface area contributed by atoms with Crippen LogP contribution in [0, 0.1) is 6.92 Å². The molecule has 2 heterocycles. The Hall–Kier alpha value is -2.79. The molecule has 3 aromatic rings. The maximum absolute atomic E-state index is 12.2. The van der Waals surface area contributed by atoms with Gasteiger partial charge in [-0.05, 0) is 49.1 Å². The molecule has 1 saturated heterocycles. The van der Waals surface area contributed by atoms with E-state index in [-0.39, 0.29) is 5.91 Å². The summed E-state index contributed by atoms with van der Waals surface area (Å²) in [5.74, 6) is 0.160. The van der Waals surface area contributed by atoms with E-state index in [1.807, 2.05) is 6.07 Å². The SMILES string of the molecule is Cc1cccc(N2CCN(CCNC(=O)CCCc3c[nH]c4ccccc34)CC2)c1. The van der Waals surface area contributed by atoms with Gasteiger partial charge < -0.3 is 15.2 Å². The lowest BCUT2D eigenvalue weighted by Gasteiger charge is -2.36. The van der Waals surface area contributed by atoms with E-state index in [0.29, 0.717) is 6.42 Å². The minimum Gasteiger partial charge on any atom is -0.369 e. The van der Waals surface area contributed by atoms with Crippen molar-refractivity contribution in [2.45, 2.75) is 26.2 Å². The van der Waals surface area contributed by atoms with Crippen LogP contribution in [0.4, 0.5) is 5.69 Å². The number of rotatable bonds is 8. The number of carbonyl (C=O) groups excluding carboxylic acids is 1. The Kier molecular flexibility index (Phi) is 6.70. The van der Waals surface area contributed by atoms with Crippen LogP contribution in [0.1, 0.15) is 24.0 Å². The van der Waals surface area contributed by atoms with E-state index in [1.165, 1.54) is 27.7 Å². The van der Waals surface area contributed by atoms with Gasteiger partial charge in [0.05, 0.1) is 0 Å². The molecule has 1 aliphatic rings. The summed E-state index contributed by atoms with van der Waals surface area (Å²) in [6, 6.07) is 17.1. The smallest absolute Gasteiger partial charge is 0.220 e. The van der Waals surface area contributed by atoms with Crippen molar-refractivity contribution in [3.63, 3.8) is 0 Å². The quantitative estimate of drug-likeness (QED) is 0.601. The number of anilines is 1. The predicted molar refractivity (Wildman–Crippen MR) is 124 cm³/mol. The molecule has 0 radical (unpaired) electrons. The highest BCUT2D eigenvalue weighted by atomic mass is 16.1. The molecule has 5 nitrogen and oxygen atoms in total. The number of nitrogens with zero attached hydrogens (tertiary/aromatic N) is 2. The molecule has 1 amide bonds. The first-order valence-electron chi connectivity index (χ1n) is 11.0. The zero-order valence-electron chi connectivity index (χ0n) is 17.9. The van der Waals surface area contributed by atoms with Crippen molar-refractivity contribution in [3.05, 3.63) is 65.9 Å². The highest BCUT2D eigenvalue weighted by Gasteiger charge is 2.17. The average molecular weight is 405 g/mol. The molecule has 30 heavy (non-hydrogen) atoms. The number of aromatic amines is 1. The van der Waals surface area contributed by atoms with Gasteiger partial charge in [-0.3, -0.25) is 9.69 Å². The second-order valence-electron chi connectivity index (χ2n) is 8.23. The first-order chi connectivity index (χ1) is 14.7. The minimum absolute atomic E-state index is 0.160. The predicted octanol–water partition coefficient (Wildman–Crippen LogP) is 3.74. The Morgan fingerprint density at radius 3 is 2.73 bits per heavy atom. The highest BCUT2D eigenvalue weighted by Crippen LogP contribution is 2.19. The van der Waals surface area contributed by atoms with E-state index in [4.69, 9.17) is 0 Å². The second kappa shape index (κ2) is 9.81. The van der Waals surface area contributed by atoms with Crippen LogP contribution in [0.5, 0.6) is 0 Å². The Morgan fingerprint density at radius 2 is 1.90 bits per heavy atom. The summed E-state index contributed by atoms with van der Waals surface area (Å²) < 4.78 is 0. The van der Waals surface area contributed by atoms with Gasteiger partial charge in [0.15, 0.2) is 0 Å². The first-order valence-corrected chi connectivity index (χ1v) is 11.0. The first kappa shape index (κ1) is 20.5. The summed E-state index contributed by atoms with van der Waals surface area (Å²) >= 11 is 0. The van der Waals surface area contributed by atoms with E-state index >= 15 is 0 Å². The molecular weight excluding hydrogens is 372 g/mol. The van der Waals surface area contributed by atoms with Gasteiger partial charge >= 0.3 is 0 Å². The number of benzene rings is 2. The molecule has 0 saturated carbocycles. The second-order valence-corrected chi connectivity index (χ2v) is 8.23. The molecule has 0 atom stereocenters. The maximum Gasteiger partial charge on any atom is 0.220 e. The van der Waals surface area contributed by atoms with Crippen LogP contribution in [-0.4, -0.2) is 55.1 Å². The summed E-state index contributed by atoms with van der Waals surface area (Å²) in [5.41, 5.74) is 5.09. The fourth-order valence-corrected chi connectivity index (χ4v) is 4.27. The van der Waals surface area contributed by atoms with Crippen LogP contribution in [0.25, 0.3) is 10.9 Å². The fraction of sp³-hybridized carbons (Fsp3) is 0.400.